The van der Waals surface area contributed by atoms with Crippen molar-refractivity contribution in [3.05, 3.63) is 77.6 Å². The van der Waals surface area contributed by atoms with E-state index < -0.39 is 11.0 Å². The fourth-order valence-electron chi connectivity index (χ4n) is 4.01. The van der Waals surface area contributed by atoms with E-state index in [4.69, 9.17) is 16.6 Å². The van der Waals surface area contributed by atoms with Gasteiger partial charge in [-0.05, 0) is 85.8 Å². The molecule has 1 unspecified atom stereocenters. The van der Waals surface area contributed by atoms with Crippen LogP contribution in [0.2, 0.25) is 5.02 Å². The minimum absolute atomic E-state index is 0.505. The van der Waals surface area contributed by atoms with Gasteiger partial charge in [-0.15, -0.1) is 0 Å². The standard InChI is InChI=1S/C26H25ClN4OS2/c1-18-5-7-20(15-22(18)25-9-6-19-17-28-12-11-24(19)29-25)30-34(32)26-10-8-21(16-23(26)27)31-13-3-2-4-14-33-31/h5-12,15-17,30H,2-4,13-14H2,1H3. The summed E-state index contributed by atoms with van der Waals surface area (Å²) in [5, 5.41) is 1.50. The third-order valence-corrected chi connectivity index (χ3v) is 8.65. The van der Waals surface area contributed by atoms with E-state index in [9.17, 15) is 4.21 Å². The summed E-state index contributed by atoms with van der Waals surface area (Å²) in [6.07, 6.45) is 7.23. The Bertz CT molecular complexity index is 1360. The molecule has 0 radical (unpaired) electrons. The molecule has 1 aliphatic rings. The second-order valence-corrected chi connectivity index (χ2v) is 11.0. The van der Waals surface area contributed by atoms with Crippen molar-refractivity contribution in [1.29, 1.82) is 0 Å². The van der Waals surface area contributed by atoms with Crippen molar-refractivity contribution in [3.8, 4) is 11.3 Å². The smallest absolute Gasteiger partial charge is 0.151 e. The lowest BCUT2D eigenvalue weighted by Gasteiger charge is -2.21. The average Bonchev–Trinajstić information content (AvgIpc) is 3.14. The molecule has 1 atom stereocenters. The first-order valence-corrected chi connectivity index (χ1v) is 13.8. The minimum Gasteiger partial charge on any atom is -0.316 e. The van der Waals surface area contributed by atoms with Crippen LogP contribution in [0.5, 0.6) is 0 Å². The van der Waals surface area contributed by atoms with Gasteiger partial charge in [0.05, 0.1) is 21.1 Å². The normalized spacial score (nSPS) is 15.2. The number of pyridine rings is 2. The molecular formula is C26H25ClN4OS2. The molecule has 174 valence electrons. The highest BCUT2D eigenvalue weighted by Gasteiger charge is 2.16. The van der Waals surface area contributed by atoms with Crippen LogP contribution in [0, 0.1) is 6.92 Å². The van der Waals surface area contributed by atoms with Gasteiger partial charge in [0.25, 0.3) is 0 Å². The fourth-order valence-corrected chi connectivity index (χ4v) is 6.35. The Morgan fingerprint density at radius 2 is 1.97 bits per heavy atom. The van der Waals surface area contributed by atoms with Crippen LogP contribution in [0.4, 0.5) is 11.4 Å². The zero-order chi connectivity index (χ0) is 23.5. The summed E-state index contributed by atoms with van der Waals surface area (Å²) in [5.74, 6) is 1.12. The number of benzene rings is 2. The van der Waals surface area contributed by atoms with Crippen molar-refractivity contribution in [2.24, 2.45) is 0 Å². The molecule has 1 aliphatic heterocycles. The zero-order valence-electron chi connectivity index (χ0n) is 18.8. The number of aromatic nitrogens is 2. The molecule has 3 heterocycles. The molecule has 34 heavy (non-hydrogen) atoms. The SMILES string of the molecule is Cc1ccc(NS(=O)c2ccc(N3CCCCCS3)cc2Cl)cc1-c1ccc2cnccc2n1. The largest absolute Gasteiger partial charge is 0.316 e. The van der Waals surface area contributed by atoms with E-state index in [1.54, 1.807) is 12.4 Å². The number of aryl methyl sites for hydroxylation is 1. The number of anilines is 2. The lowest BCUT2D eigenvalue weighted by molar-refractivity contribution is 0.686. The summed E-state index contributed by atoms with van der Waals surface area (Å²) < 4.78 is 18.6. The fraction of sp³-hybridized carbons (Fsp3) is 0.231. The average molecular weight is 509 g/mol. The van der Waals surface area contributed by atoms with E-state index >= 15 is 0 Å². The molecule has 1 N–H and O–H groups in total. The molecule has 0 aliphatic carbocycles. The van der Waals surface area contributed by atoms with E-state index in [1.807, 2.05) is 73.5 Å². The van der Waals surface area contributed by atoms with Crippen molar-refractivity contribution in [3.63, 3.8) is 0 Å². The Labute approximate surface area is 211 Å². The van der Waals surface area contributed by atoms with Gasteiger partial charge < -0.3 is 9.03 Å². The third kappa shape index (κ3) is 5.06. The van der Waals surface area contributed by atoms with Gasteiger partial charge in [0.15, 0.2) is 11.0 Å². The van der Waals surface area contributed by atoms with Crippen molar-refractivity contribution in [2.75, 3.05) is 21.3 Å². The van der Waals surface area contributed by atoms with Crippen LogP contribution < -0.4 is 9.03 Å². The molecule has 5 nitrogen and oxygen atoms in total. The predicted molar refractivity (Wildman–Crippen MR) is 145 cm³/mol. The highest BCUT2D eigenvalue weighted by Crippen LogP contribution is 2.33. The Balaban J connectivity index is 1.37. The molecule has 2 aromatic heterocycles. The van der Waals surface area contributed by atoms with Gasteiger partial charge in [-0.2, -0.15) is 0 Å². The van der Waals surface area contributed by atoms with Crippen LogP contribution in [0.3, 0.4) is 0 Å². The lowest BCUT2D eigenvalue weighted by Crippen LogP contribution is -2.15. The monoisotopic (exact) mass is 508 g/mol. The molecule has 1 saturated heterocycles. The molecule has 2 aromatic carbocycles. The highest BCUT2D eigenvalue weighted by atomic mass is 35.5. The van der Waals surface area contributed by atoms with Crippen LogP contribution in [0.1, 0.15) is 24.8 Å². The highest BCUT2D eigenvalue weighted by molar-refractivity contribution is 8.00. The molecule has 4 aromatic rings. The number of hydrogen-bond donors (Lipinski definition) is 1. The molecule has 0 saturated carbocycles. The topological polar surface area (TPSA) is 58.1 Å². The zero-order valence-corrected chi connectivity index (χ0v) is 21.2. The van der Waals surface area contributed by atoms with Crippen LogP contribution in [0.25, 0.3) is 22.2 Å². The van der Waals surface area contributed by atoms with Crippen LogP contribution in [0.15, 0.2) is 71.9 Å². The number of nitrogens with zero attached hydrogens (tertiary/aromatic N) is 3. The summed E-state index contributed by atoms with van der Waals surface area (Å²) in [7, 11) is -1.49. The second-order valence-electron chi connectivity index (χ2n) is 8.28. The summed E-state index contributed by atoms with van der Waals surface area (Å²) in [5.41, 5.74) is 5.65. The number of fused-ring (bicyclic) bond motifs is 1. The van der Waals surface area contributed by atoms with E-state index in [0.29, 0.717) is 9.92 Å². The van der Waals surface area contributed by atoms with Gasteiger partial charge in [0.2, 0.25) is 0 Å². The van der Waals surface area contributed by atoms with Crippen molar-refractivity contribution >= 4 is 56.8 Å². The Morgan fingerprint density at radius 1 is 1.06 bits per heavy atom. The molecule has 8 heteroatoms. The molecule has 0 amide bonds. The first kappa shape index (κ1) is 23.1. The first-order chi connectivity index (χ1) is 16.6. The van der Waals surface area contributed by atoms with Gasteiger partial charge in [-0.1, -0.05) is 24.1 Å². The Morgan fingerprint density at radius 3 is 2.85 bits per heavy atom. The van der Waals surface area contributed by atoms with Gasteiger partial charge in [0, 0.05) is 47.0 Å². The number of rotatable bonds is 5. The van der Waals surface area contributed by atoms with Crippen LogP contribution in [-0.2, 0) is 11.0 Å². The van der Waals surface area contributed by atoms with E-state index in [-0.39, 0.29) is 0 Å². The van der Waals surface area contributed by atoms with Crippen molar-refractivity contribution in [2.45, 2.75) is 31.1 Å². The maximum atomic E-state index is 13.2. The van der Waals surface area contributed by atoms with Gasteiger partial charge in [-0.3, -0.25) is 4.98 Å². The number of halogens is 1. The molecule has 0 spiro atoms. The van der Waals surface area contributed by atoms with Gasteiger partial charge in [-0.25, -0.2) is 9.19 Å². The maximum Gasteiger partial charge on any atom is 0.151 e. The van der Waals surface area contributed by atoms with Crippen molar-refractivity contribution < 1.29 is 4.21 Å². The quantitative estimate of drug-likeness (QED) is 0.293. The Hall–Kier alpha value is -2.61. The predicted octanol–water partition coefficient (Wildman–Crippen LogP) is 7.03. The third-order valence-electron chi connectivity index (χ3n) is 5.87. The van der Waals surface area contributed by atoms with Crippen molar-refractivity contribution in [1.82, 2.24) is 9.97 Å². The molecule has 0 bridgehead atoms. The van der Waals surface area contributed by atoms with Crippen LogP contribution in [-0.4, -0.2) is 26.5 Å². The number of nitrogens with one attached hydrogen (secondary N) is 1. The number of hydrogen-bond acceptors (Lipinski definition) is 5. The Kier molecular flexibility index (Phi) is 7.04. The molecule has 5 rings (SSSR count). The summed E-state index contributed by atoms with van der Waals surface area (Å²) in [4.78, 5) is 9.51. The summed E-state index contributed by atoms with van der Waals surface area (Å²) >= 11 is 8.41. The van der Waals surface area contributed by atoms with Crippen LogP contribution >= 0.6 is 23.5 Å². The van der Waals surface area contributed by atoms with Gasteiger partial charge in [0.1, 0.15) is 0 Å². The molecule has 1 fully saturated rings. The molecular weight excluding hydrogens is 484 g/mol. The summed E-state index contributed by atoms with van der Waals surface area (Å²) in [6.45, 7) is 3.05. The lowest BCUT2D eigenvalue weighted by atomic mass is 10.0. The van der Waals surface area contributed by atoms with Gasteiger partial charge >= 0.3 is 0 Å². The second kappa shape index (κ2) is 10.3. The maximum absolute atomic E-state index is 13.2. The van der Waals surface area contributed by atoms with E-state index in [2.05, 4.69) is 14.0 Å². The van der Waals surface area contributed by atoms with E-state index in [1.165, 1.54) is 19.3 Å². The summed E-state index contributed by atoms with van der Waals surface area (Å²) in [6, 6.07) is 17.6. The van der Waals surface area contributed by atoms with E-state index in [0.717, 1.165) is 51.4 Å². The minimum atomic E-state index is -1.49. The first-order valence-electron chi connectivity index (χ1n) is 11.3.